The number of fused-ring (bicyclic) bond motifs is 1. The highest BCUT2D eigenvalue weighted by molar-refractivity contribution is 6.31. The van der Waals surface area contributed by atoms with Crippen molar-refractivity contribution >= 4 is 17.3 Å². The standard InChI is InChI=1S/C14H12ClFN6O2/c1-7-4-8(19-24-7)6-22-2-3-23-10-5-9(15)12(16)11(13(10)22)14-17-20-21-18-14/h4-5H,2-3,6H2,1H3,(H,17,18,20,21). The van der Waals surface area contributed by atoms with Crippen molar-refractivity contribution in [3.8, 4) is 17.1 Å². The third-order valence-corrected chi connectivity index (χ3v) is 3.97. The zero-order valence-electron chi connectivity index (χ0n) is 12.6. The van der Waals surface area contributed by atoms with Crippen LogP contribution in [-0.2, 0) is 6.54 Å². The fourth-order valence-corrected chi connectivity index (χ4v) is 2.91. The predicted octanol–water partition coefficient (Wildman–Crippen LogP) is 2.35. The number of nitrogens with zero attached hydrogens (tertiary/aromatic N) is 5. The molecule has 1 N–H and O–H groups in total. The first-order chi connectivity index (χ1) is 11.6. The van der Waals surface area contributed by atoms with Gasteiger partial charge in [-0.15, -0.1) is 10.2 Å². The zero-order chi connectivity index (χ0) is 16.7. The number of hydrogen-bond acceptors (Lipinski definition) is 7. The number of aromatic nitrogens is 5. The number of aryl methyl sites for hydroxylation is 1. The van der Waals surface area contributed by atoms with Crippen LogP contribution in [0.4, 0.5) is 10.1 Å². The van der Waals surface area contributed by atoms with Crippen LogP contribution in [0.2, 0.25) is 5.02 Å². The summed E-state index contributed by atoms with van der Waals surface area (Å²) in [4.78, 5) is 1.93. The van der Waals surface area contributed by atoms with Gasteiger partial charge >= 0.3 is 0 Å². The average molecular weight is 351 g/mol. The maximum absolute atomic E-state index is 14.7. The second-order valence-corrected chi connectivity index (χ2v) is 5.74. The van der Waals surface area contributed by atoms with Gasteiger partial charge < -0.3 is 14.2 Å². The Hall–Kier alpha value is -2.68. The van der Waals surface area contributed by atoms with Gasteiger partial charge in [0, 0.05) is 12.1 Å². The molecule has 1 aliphatic heterocycles. The van der Waals surface area contributed by atoms with E-state index in [2.05, 4.69) is 25.8 Å². The van der Waals surface area contributed by atoms with Gasteiger partial charge in [-0.3, -0.25) is 0 Å². The molecule has 0 fully saturated rings. The highest BCUT2D eigenvalue weighted by Crippen LogP contribution is 2.44. The molecule has 8 nitrogen and oxygen atoms in total. The molecule has 0 bridgehead atoms. The number of H-pyrrole nitrogens is 1. The summed E-state index contributed by atoms with van der Waals surface area (Å²) in [6.07, 6.45) is 0. The fraction of sp³-hybridized carbons (Fsp3) is 0.286. The summed E-state index contributed by atoms with van der Waals surface area (Å²) >= 11 is 5.99. The molecule has 10 heteroatoms. The highest BCUT2D eigenvalue weighted by Gasteiger charge is 2.29. The Balaban J connectivity index is 1.84. The van der Waals surface area contributed by atoms with Crippen LogP contribution in [0.15, 0.2) is 16.7 Å². The van der Waals surface area contributed by atoms with Crippen LogP contribution < -0.4 is 9.64 Å². The number of aromatic amines is 1. The first-order valence-electron chi connectivity index (χ1n) is 7.19. The van der Waals surface area contributed by atoms with E-state index < -0.39 is 5.82 Å². The Labute approximate surface area is 140 Å². The van der Waals surface area contributed by atoms with E-state index in [-0.39, 0.29) is 16.4 Å². The number of hydrogen-bond donors (Lipinski definition) is 1. The fourth-order valence-electron chi connectivity index (χ4n) is 2.71. The van der Waals surface area contributed by atoms with Crippen LogP contribution in [0.5, 0.6) is 5.75 Å². The monoisotopic (exact) mass is 350 g/mol. The van der Waals surface area contributed by atoms with Crippen molar-refractivity contribution in [3.05, 3.63) is 34.4 Å². The van der Waals surface area contributed by atoms with Crippen LogP contribution in [0.1, 0.15) is 11.5 Å². The summed E-state index contributed by atoms with van der Waals surface area (Å²) in [5.41, 5.74) is 1.39. The Bertz CT molecular complexity index is 882. The summed E-state index contributed by atoms with van der Waals surface area (Å²) in [5.74, 6) is 0.661. The minimum absolute atomic E-state index is 0.0623. The van der Waals surface area contributed by atoms with Gasteiger partial charge in [0.1, 0.15) is 23.8 Å². The molecule has 1 aromatic carbocycles. The Kier molecular flexibility index (Phi) is 3.57. The maximum atomic E-state index is 14.7. The van der Waals surface area contributed by atoms with Crippen LogP contribution in [0.3, 0.4) is 0 Å². The smallest absolute Gasteiger partial charge is 0.209 e. The quantitative estimate of drug-likeness (QED) is 0.775. The molecule has 3 aromatic rings. The number of rotatable bonds is 3. The van der Waals surface area contributed by atoms with Crippen molar-refractivity contribution in [1.82, 2.24) is 25.8 Å². The zero-order valence-corrected chi connectivity index (χ0v) is 13.3. The Morgan fingerprint density at radius 3 is 3.00 bits per heavy atom. The average Bonchev–Trinajstić information content (AvgIpc) is 3.21. The van der Waals surface area contributed by atoms with E-state index in [1.165, 1.54) is 6.07 Å². The minimum Gasteiger partial charge on any atom is -0.489 e. The molecule has 2 aromatic heterocycles. The first kappa shape index (κ1) is 14.9. The third-order valence-electron chi connectivity index (χ3n) is 3.69. The number of ether oxygens (including phenoxy) is 1. The molecule has 0 saturated heterocycles. The van der Waals surface area contributed by atoms with E-state index in [0.29, 0.717) is 36.9 Å². The number of halogens is 2. The van der Waals surface area contributed by atoms with Crippen LogP contribution in [0.25, 0.3) is 11.4 Å². The van der Waals surface area contributed by atoms with Gasteiger partial charge in [0.2, 0.25) is 5.82 Å². The lowest BCUT2D eigenvalue weighted by molar-refractivity contribution is 0.305. The molecule has 0 aliphatic carbocycles. The number of tetrazole rings is 1. The van der Waals surface area contributed by atoms with Crippen molar-refractivity contribution in [2.75, 3.05) is 18.1 Å². The molecule has 0 unspecified atom stereocenters. The first-order valence-corrected chi connectivity index (χ1v) is 7.57. The second kappa shape index (κ2) is 5.75. The summed E-state index contributed by atoms with van der Waals surface area (Å²) < 4.78 is 25.4. The molecule has 0 amide bonds. The molecule has 4 rings (SSSR count). The van der Waals surface area contributed by atoms with Crippen molar-refractivity contribution in [2.24, 2.45) is 0 Å². The molecular weight excluding hydrogens is 339 g/mol. The van der Waals surface area contributed by atoms with Crippen molar-refractivity contribution in [3.63, 3.8) is 0 Å². The van der Waals surface area contributed by atoms with Crippen LogP contribution in [0, 0.1) is 12.7 Å². The highest BCUT2D eigenvalue weighted by atomic mass is 35.5. The normalized spacial score (nSPS) is 13.7. The molecule has 0 saturated carbocycles. The molecule has 1 aliphatic rings. The number of anilines is 1. The Morgan fingerprint density at radius 1 is 1.42 bits per heavy atom. The van der Waals surface area contributed by atoms with Gasteiger partial charge in [0.25, 0.3) is 0 Å². The van der Waals surface area contributed by atoms with Gasteiger partial charge in [-0.05, 0) is 12.1 Å². The van der Waals surface area contributed by atoms with Crippen LogP contribution in [-0.4, -0.2) is 38.9 Å². The number of nitrogens with one attached hydrogen (secondary N) is 1. The molecule has 124 valence electrons. The van der Waals surface area contributed by atoms with Gasteiger partial charge in [0.15, 0.2) is 5.82 Å². The topological polar surface area (TPSA) is 93.0 Å². The van der Waals surface area contributed by atoms with E-state index in [1.54, 1.807) is 0 Å². The molecule has 24 heavy (non-hydrogen) atoms. The summed E-state index contributed by atoms with van der Waals surface area (Å²) in [5, 5.41) is 17.5. The molecule has 0 radical (unpaired) electrons. The third kappa shape index (κ3) is 2.46. The van der Waals surface area contributed by atoms with Crippen molar-refractivity contribution in [1.29, 1.82) is 0 Å². The van der Waals surface area contributed by atoms with Crippen molar-refractivity contribution < 1.29 is 13.7 Å². The second-order valence-electron chi connectivity index (χ2n) is 5.33. The molecular formula is C14H12ClFN6O2. The largest absolute Gasteiger partial charge is 0.489 e. The van der Waals surface area contributed by atoms with E-state index in [1.807, 2.05) is 17.9 Å². The molecule has 0 spiro atoms. The van der Waals surface area contributed by atoms with Gasteiger partial charge in [-0.1, -0.05) is 16.8 Å². The van der Waals surface area contributed by atoms with E-state index in [4.69, 9.17) is 20.9 Å². The maximum Gasteiger partial charge on any atom is 0.209 e. The summed E-state index contributed by atoms with van der Waals surface area (Å²) in [7, 11) is 0. The lowest BCUT2D eigenvalue weighted by Crippen LogP contribution is -2.33. The SMILES string of the molecule is Cc1cc(CN2CCOc3cc(Cl)c(F)c(-c4nn[nH]n4)c32)no1. The van der Waals surface area contributed by atoms with Gasteiger partial charge in [0.05, 0.1) is 29.4 Å². The van der Waals surface area contributed by atoms with Crippen LogP contribution >= 0.6 is 11.6 Å². The van der Waals surface area contributed by atoms with E-state index in [0.717, 1.165) is 5.69 Å². The number of benzene rings is 1. The van der Waals surface area contributed by atoms with Gasteiger partial charge in [-0.2, -0.15) is 5.21 Å². The van der Waals surface area contributed by atoms with Crippen molar-refractivity contribution in [2.45, 2.75) is 13.5 Å². The summed E-state index contributed by atoms with van der Waals surface area (Å²) in [6, 6.07) is 3.28. The molecule has 0 atom stereocenters. The predicted molar refractivity (Wildman–Crippen MR) is 82.4 cm³/mol. The summed E-state index contributed by atoms with van der Waals surface area (Å²) in [6.45, 7) is 3.23. The lowest BCUT2D eigenvalue weighted by atomic mass is 10.1. The van der Waals surface area contributed by atoms with E-state index in [9.17, 15) is 4.39 Å². The van der Waals surface area contributed by atoms with E-state index >= 15 is 0 Å². The Morgan fingerprint density at radius 2 is 2.29 bits per heavy atom. The van der Waals surface area contributed by atoms with Gasteiger partial charge in [-0.25, -0.2) is 4.39 Å². The minimum atomic E-state index is -0.622. The molecule has 3 heterocycles. The lowest BCUT2D eigenvalue weighted by Gasteiger charge is -2.32.